The summed E-state index contributed by atoms with van der Waals surface area (Å²) in [5.41, 5.74) is 6.92. The summed E-state index contributed by atoms with van der Waals surface area (Å²) in [4.78, 5) is 26.0. The van der Waals surface area contributed by atoms with Crippen LogP contribution in [0.25, 0.3) is 0 Å². The van der Waals surface area contributed by atoms with E-state index in [1.165, 1.54) is 0 Å². The van der Waals surface area contributed by atoms with Gasteiger partial charge in [-0.25, -0.2) is 4.79 Å². The number of benzene rings is 2. The van der Waals surface area contributed by atoms with E-state index in [-0.39, 0.29) is 18.6 Å². The molecule has 2 aromatic rings. The third kappa shape index (κ3) is 4.86. The topological polar surface area (TPSA) is 84.7 Å². The van der Waals surface area contributed by atoms with Crippen LogP contribution in [-0.4, -0.2) is 35.5 Å². The highest BCUT2D eigenvalue weighted by Gasteiger charge is 2.40. The predicted molar refractivity (Wildman–Crippen MR) is 103 cm³/mol. The number of piperidine rings is 1. The quantitative estimate of drug-likeness (QED) is 0.821. The number of hydrogen-bond acceptors (Lipinski definition) is 4. The molecule has 1 saturated heterocycles. The lowest BCUT2D eigenvalue weighted by Gasteiger charge is -2.39. The smallest absolute Gasteiger partial charge is 0.410 e. The molecule has 0 bridgehead atoms. The van der Waals surface area contributed by atoms with Crippen LogP contribution < -0.4 is 11.1 Å². The minimum Gasteiger partial charge on any atom is -0.445 e. The molecule has 6 heteroatoms. The number of amides is 2. The van der Waals surface area contributed by atoms with Crippen molar-refractivity contribution >= 4 is 12.0 Å². The molecule has 6 nitrogen and oxygen atoms in total. The summed E-state index contributed by atoms with van der Waals surface area (Å²) in [5, 5.41) is 3.31. The van der Waals surface area contributed by atoms with Gasteiger partial charge in [0, 0.05) is 19.6 Å². The Kier molecular flexibility index (Phi) is 6.08. The first kappa shape index (κ1) is 18.9. The van der Waals surface area contributed by atoms with Crippen molar-refractivity contribution in [1.82, 2.24) is 10.2 Å². The van der Waals surface area contributed by atoms with E-state index < -0.39 is 5.54 Å². The van der Waals surface area contributed by atoms with Crippen molar-refractivity contribution in [3.8, 4) is 0 Å². The van der Waals surface area contributed by atoms with Crippen LogP contribution in [0.15, 0.2) is 60.7 Å². The second-order valence-electron chi connectivity index (χ2n) is 6.81. The summed E-state index contributed by atoms with van der Waals surface area (Å²) in [7, 11) is 0. The predicted octanol–water partition coefficient (Wildman–Crippen LogP) is 2.43. The first-order valence-corrected chi connectivity index (χ1v) is 9.13. The Morgan fingerprint density at radius 3 is 2.07 bits per heavy atom. The fourth-order valence-corrected chi connectivity index (χ4v) is 3.26. The van der Waals surface area contributed by atoms with Crippen molar-refractivity contribution in [3.05, 3.63) is 71.8 Å². The first-order chi connectivity index (χ1) is 13.1. The largest absolute Gasteiger partial charge is 0.445 e. The summed E-state index contributed by atoms with van der Waals surface area (Å²) >= 11 is 0. The molecule has 1 aliphatic rings. The molecule has 1 aliphatic heterocycles. The molecule has 3 N–H and O–H groups in total. The number of nitrogens with zero attached hydrogens (tertiary/aromatic N) is 1. The molecule has 0 atom stereocenters. The lowest BCUT2D eigenvalue weighted by atomic mass is 9.86. The van der Waals surface area contributed by atoms with Crippen LogP contribution in [0.4, 0.5) is 4.79 Å². The maximum Gasteiger partial charge on any atom is 0.410 e. The van der Waals surface area contributed by atoms with Crippen LogP contribution in [0.2, 0.25) is 0 Å². The highest BCUT2D eigenvalue weighted by atomic mass is 16.6. The van der Waals surface area contributed by atoms with Crippen LogP contribution in [0.1, 0.15) is 24.0 Å². The summed E-state index contributed by atoms with van der Waals surface area (Å²) in [6.07, 6.45) is 0.575. The summed E-state index contributed by atoms with van der Waals surface area (Å²) in [6.45, 7) is 1.66. The van der Waals surface area contributed by atoms with E-state index in [2.05, 4.69) is 5.32 Å². The Morgan fingerprint density at radius 1 is 0.963 bits per heavy atom. The number of carbonyl (C=O) groups excluding carboxylic acids is 2. The summed E-state index contributed by atoms with van der Waals surface area (Å²) < 4.78 is 5.38. The Bertz CT molecular complexity index is 757. The maximum atomic E-state index is 12.3. The van der Waals surface area contributed by atoms with Gasteiger partial charge in [-0.2, -0.15) is 0 Å². The van der Waals surface area contributed by atoms with Crippen LogP contribution >= 0.6 is 0 Å². The van der Waals surface area contributed by atoms with Crippen LogP contribution in [0.3, 0.4) is 0 Å². The second kappa shape index (κ2) is 8.68. The molecule has 0 saturated carbocycles. The number of nitrogens with two attached hydrogens (primary N) is 1. The average Bonchev–Trinajstić information content (AvgIpc) is 2.72. The number of hydrogen-bond donors (Lipinski definition) is 2. The number of carbonyl (C=O) groups is 2. The summed E-state index contributed by atoms with van der Waals surface area (Å²) in [6, 6.07) is 19.4. The van der Waals surface area contributed by atoms with E-state index in [9.17, 15) is 9.59 Å². The molecule has 1 heterocycles. The Hall–Kier alpha value is -2.86. The lowest BCUT2D eigenvalue weighted by Crippen LogP contribution is -2.61. The van der Waals surface area contributed by atoms with Gasteiger partial charge in [0.25, 0.3) is 0 Å². The molecule has 0 unspecified atom stereocenters. The Balaban J connectivity index is 1.53. The van der Waals surface area contributed by atoms with E-state index in [0.717, 1.165) is 11.1 Å². The zero-order valence-corrected chi connectivity index (χ0v) is 15.3. The third-order valence-electron chi connectivity index (χ3n) is 5.03. The highest BCUT2D eigenvalue weighted by Crippen LogP contribution is 2.23. The van der Waals surface area contributed by atoms with Crippen molar-refractivity contribution in [1.29, 1.82) is 0 Å². The van der Waals surface area contributed by atoms with Crippen LogP contribution in [-0.2, 0) is 22.7 Å². The van der Waals surface area contributed by atoms with Crippen molar-refractivity contribution < 1.29 is 14.3 Å². The van der Waals surface area contributed by atoms with Crippen LogP contribution in [0, 0.1) is 0 Å². The highest BCUT2D eigenvalue weighted by molar-refractivity contribution is 5.85. The van der Waals surface area contributed by atoms with E-state index in [1.54, 1.807) is 4.90 Å². The standard InChI is InChI=1S/C21H25N3O3/c22-19(25)21(23-15-17-7-3-1-4-8-17)11-13-24(14-12-21)20(26)27-16-18-9-5-2-6-10-18/h1-10,23H,11-16H2,(H2,22,25). The van der Waals surface area contributed by atoms with Gasteiger partial charge in [-0.3, -0.25) is 10.1 Å². The van der Waals surface area contributed by atoms with Crippen LogP contribution in [0.5, 0.6) is 0 Å². The fourth-order valence-electron chi connectivity index (χ4n) is 3.26. The van der Waals surface area contributed by atoms with Gasteiger partial charge < -0.3 is 15.4 Å². The van der Waals surface area contributed by atoms with Gasteiger partial charge >= 0.3 is 6.09 Å². The van der Waals surface area contributed by atoms with Gasteiger partial charge in [0.15, 0.2) is 0 Å². The van der Waals surface area contributed by atoms with Crippen molar-refractivity contribution in [2.45, 2.75) is 31.5 Å². The van der Waals surface area contributed by atoms with E-state index in [1.807, 2.05) is 60.7 Å². The fraction of sp³-hybridized carbons (Fsp3) is 0.333. The van der Waals surface area contributed by atoms with Gasteiger partial charge in [-0.15, -0.1) is 0 Å². The molecule has 0 aliphatic carbocycles. The van der Waals surface area contributed by atoms with E-state index in [0.29, 0.717) is 32.5 Å². The number of nitrogens with one attached hydrogen (secondary N) is 1. The molecule has 3 rings (SSSR count). The Morgan fingerprint density at radius 2 is 1.52 bits per heavy atom. The normalized spacial score (nSPS) is 15.9. The summed E-state index contributed by atoms with van der Waals surface area (Å²) in [5.74, 6) is -0.379. The van der Waals surface area contributed by atoms with Gasteiger partial charge in [0.2, 0.25) is 5.91 Å². The Labute approximate surface area is 159 Å². The van der Waals surface area contributed by atoms with Crippen molar-refractivity contribution in [2.24, 2.45) is 5.73 Å². The molecular formula is C21H25N3O3. The zero-order chi connectivity index (χ0) is 19.1. The monoisotopic (exact) mass is 367 g/mol. The number of primary amides is 1. The molecule has 27 heavy (non-hydrogen) atoms. The molecule has 1 fully saturated rings. The lowest BCUT2D eigenvalue weighted by molar-refractivity contribution is -0.126. The first-order valence-electron chi connectivity index (χ1n) is 9.13. The van der Waals surface area contributed by atoms with Crippen molar-refractivity contribution in [2.75, 3.05) is 13.1 Å². The molecule has 0 radical (unpaired) electrons. The molecule has 0 aromatic heterocycles. The second-order valence-corrected chi connectivity index (χ2v) is 6.81. The maximum absolute atomic E-state index is 12.3. The zero-order valence-electron chi connectivity index (χ0n) is 15.3. The van der Waals surface area contributed by atoms with Gasteiger partial charge in [-0.1, -0.05) is 60.7 Å². The third-order valence-corrected chi connectivity index (χ3v) is 5.03. The average molecular weight is 367 g/mol. The van der Waals surface area contributed by atoms with E-state index >= 15 is 0 Å². The molecule has 0 spiro atoms. The molecule has 2 aromatic carbocycles. The number of ether oxygens (including phenoxy) is 1. The van der Waals surface area contributed by atoms with Gasteiger partial charge in [0.05, 0.1) is 0 Å². The molecule has 2 amide bonds. The number of rotatable bonds is 6. The minimum atomic E-state index is -0.800. The minimum absolute atomic E-state index is 0.239. The molecular weight excluding hydrogens is 342 g/mol. The van der Waals surface area contributed by atoms with Gasteiger partial charge in [-0.05, 0) is 24.0 Å². The van der Waals surface area contributed by atoms with Crippen molar-refractivity contribution in [3.63, 3.8) is 0 Å². The van der Waals surface area contributed by atoms with E-state index in [4.69, 9.17) is 10.5 Å². The SMILES string of the molecule is NC(=O)C1(NCc2ccccc2)CCN(C(=O)OCc2ccccc2)CC1. The number of likely N-dealkylation sites (tertiary alicyclic amines) is 1. The molecule has 142 valence electrons. The van der Waals surface area contributed by atoms with Gasteiger partial charge in [0.1, 0.15) is 12.1 Å².